The van der Waals surface area contributed by atoms with Crippen LogP contribution in [0.3, 0.4) is 0 Å². The molecule has 0 radical (unpaired) electrons. The molecule has 1 aromatic carbocycles. The molecule has 5 nitrogen and oxygen atoms in total. The van der Waals surface area contributed by atoms with Crippen LogP contribution in [0.5, 0.6) is 0 Å². The lowest BCUT2D eigenvalue weighted by Crippen LogP contribution is -2.11. The van der Waals surface area contributed by atoms with Crippen LogP contribution in [0.1, 0.15) is 33.5 Å². The minimum absolute atomic E-state index is 0.209. The van der Waals surface area contributed by atoms with Crippen LogP contribution in [-0.2, 0) is 4.74 Å². The minimum atomic E-state index is -0.466. The van der Waals surface area contributed by atoms with Crippen LogP contribution in [0.2, 0.25) is 5.02 Å². The molecular formula is C18H14Cl2N2O3S. The molecule has 3 rings (SSSR count). The normalized spacial score (nSPS) is 11.8. The van der Waals surface area contributed by atoms with Crippen molar-refractivity contribution >= 4 is 61.8 Å². The first-order valence-corrected chi connectivity index (χ1v) is 9.32. The number of thiophene rings is 1. The first kappa shape index (κ1) is 18.6. The van der Waals surface area contributed by atoms with E-state index in [1.54, 1.807) is 32.1 Å². The molecule has 26 heavy (non-hydrogen) atoms. The molecule has 2 aromatic heterocycles. The van der Waals surface area contributed by atoms with Crippen molar-refractivity contribution in [3.8, 4) is 0 Å². The van der Waals surface area contributed by atoms with E-state index in [-0.39, 0.29) is 23.0 Å². The molecular weight excluding hydrogens is 395 g/mol. The highest BCUT2D eigenvalue weighted by atomic mass is 35.5. The Bertz CT molecular complexity index is 1090. The summed E-state index contributed by atoms with van der Waals surface area (Å²) < 4.78 is 5.03. The first-order valence-electron chi connectivity index (χ1n) is 7.75. The monoisotopic (exact) mass is 408 g/mol. The molecule has 0 aliphatic rings. The van der Waals surface area contributed by atoms with Gasteiger partial charge in [0.2, 0.25) is 0 Å². The van der Waals surface area contributed by atoms with E-state index in [2.05, 4.69) is 9.97 Å². The van der Waals surface area contributed by atoms with Gasteiger partial charge >= 0.3 is 5.97 Å². The standard InChI is InChI=1S/C18H14Cl2N2O3S/c1-3-25-18(24)14-9(2)13-16(23)21-15(22-17(13)26-14)12(20)8-10-6-4-5-7-11(10)19/h4-8H,3H2,1-2H3,(H,21,22,23)/b12-8-. The van der Waals surface area contributed by atoms with Gasteiger partial charge in [-0.1, -0.05) is 41.4 Å². The van der Waals surface area contributed by atoms with E-state index < -0.39 is 5.97 Å². The average molecular weight is 409 g/mol. The van der Waals surface area contributed by atoms with Gasteiger partial charge in [-0.15, -0.1) is 11.3 Å². The third kappa shape index (κ3) is 3.53. The van der Waals surface area contributed by atoms with Gasteiger partial charge in [0.05, 0.1) is 17.0 Å². The topological polar surface area (TPSA) is 72.0 Å². The second kappa shape index (κ2) is 7.61. The van der Waals surface area contributed by atoms with Crippen LogP contribution in [0, 0.1) is 6.92 Å². The highest BCUT2D eigenvalue weighted by molar-refractivity contribution is 7.20. The van der Waals surface area contributed by atoms with Crippen molar-refractivity contribution in [2.75, 3.05) is 6.61 Å². The van der Waals surface area contributed by atoms with Gasteiger partial charge in [0.25, 0.3) is 5.56 Å². The van der Waals surface area contributed by atoms with E-state index in [4.69, 9.17) is 27.9 Å². The molecule has 8 heteroatoms. The summed E-state index contributed by atoms with van der Waals surface area (Å²) in [7, 11) is 0. The average Bonchev–Trinajstić information content (AvgIpc) is 2.94. The van der Waals surface area contributed by atoms with Crippen molar-refractivity contribution in [2.24, 2.45) is 0 Å². The van der Waals surface area contributed by atoms with Crippen molar-refractivity contribution in [1.82, 2.24) is 9.97 Å². The van der Waals surface area contributed by atoms with E-state index >= 15 is 0 Å². The fourth-order valence-corrected chi connectivity index (χ4v) is 3.92. The number of benzene rings is 1. The first-order chi connectivity index (χ1) is 12.4. The zero-order valence-corrected chi connectivity index (χ0v) is 16.3. The Hall–Kier alpha value is -2.15. The summed E-state index contributed by atoms with van der Waals surface area (Å²) in [4.78, 5) is 32.4. The Morgan fingerprint density at radius 3 is 2.81 bits per heavy atom. The molecule has 0 atom stereocenters. The summed E-state index contributed by atoms with van der Waals surface area (Å²) in [5, 5.41) is 1.13. The van der Waals surface area contributed by atoms with Gasteiger partial charge < -0.3 is 9.72 Å². The zero-order chi connectivity index (χ0) is 18.8. The van der Waals surface area contributed by atoms with E-state index in [1.165, 1.54) is 0 Å². The number of aromatic amines is 1. The molecule has 0 bridgehead atoms. The van der Waals surface area contributed by atoms with Crippen LogP contribution in [0.4, 0.5) is 0 Å². The number of ether oxygens (including phenoxy) is 1. The Morgan fingerprint density at radius 1 is 1.38 bits per heavy atom. The van der Waals surface area contributed by atoms with Crippen molar-refractivity contribution in [1.29, 1.82) is 0 Å². The van der Waals surface area contributed by atoms with Gasteiger partial charge in [-0.25, -0.2) is 9.78 Å². The summed E-state index contributed by atoms with van der Waals surface area (Å²) >= 11 is 13.6. The minimum Gasteiger partial charge on any atom is -0.462 e. The number of H-pyrrole nitrogens is 1. The van der Waals surface area contributed by atoms with Crippen molar-refractivity contribution in [3.63, 3.8) is 0 Å². The number of aromatic nitrogens is 2. The highest BCUT2D eigenvalue weighted by Gasteiger charge is 2.20. The summed E-state index contributed by atoms with van der Waals surface area (Å²) in [6.07, 6.45) is 1.63. The maximum atomic E-state index is 12.5. The maximum absolute atomic E-state index is 12.5. The van der Waals surface area contributed by atoms with E-state index in [9.17, 15) is 9.59 Å². The van der Waals surface area contributed by atoms with Crippen LogP contribution >= 0.6 is 34.5 Å². The van der Waals surface area contributed by atoms with Crippen molar-refractivity contribution in [3.05, 3.63) is 61.5 Å². The molecule has 2 heterocycles. The number of carbonyl (C=O) groups is 1. The lowest BCUT2D eigenvalue weighted by Gasteiger charge is -2.01. The Morgan fingerprint density at radius 2 is 2.12 bits per heavy atom. The molecule has 0 fully saturated rings. The van der Waals surface area contributed by atoms with Gasteiger partial charge in [0, 0.05) is 5.02 Å². The SMILES string of the molecule is CCOC(=O)c1sc2nc(/C(Cl)=C/c3ccccc3Cl)[nH]c(=O)c2c1C. The van der Waals surface area contributed by atoms with Gasteiger partial charge in [0.15, 0.2) is 5.82 Å². The maximum Gasteiger partial charge on any atom is 0.348 e. The molecule has 0 saturated heterocycles. The Labute approximate surface area is 163 Å². The fourth-order valence-electron chi connectivity index (χ4n) is 2.45. The summed E-state index contributed by atoms with van der Waals surface area (Å²) in [5.74, 6) is -0.257. The lowest BCUT2D eigenvalue weighted by atomic mass is 10.2. The second-order valence-electron chi connectivity index (χ2n) is 5.39. The number of esters is 1. The summed E-state index contributed by atoms with van der Waals surface area (Å²) in [6.45, 7) is 3.68. The largest absolute Gasteiger partial charge is 0.462 e. The van der Waals surface area contributed by atoms with E-state index in [0.29, 0.717) is 31.2 Å². The van der Waals surface area contributed by atoms with Crippen LogP contribution < -0.4 is 5.56 Å². The number of aryl methyl sites for hydroxylation is 1. The number of hydrogen-bond acceptors (Lipinski definition) is 5. The Balaban J connectivity index is 2.10. The quantitative estimate of drug-likeness (QED) is 0.625. The molecule has 0 unspecified atom stereocenters. The number of carbonyl (C=O) groups excluding carboxylic acids is 1. The van der Waals surface area contributed by atoms with Gasteiger partial charge in [-0.05, 0) is 37.1 Å². The smallest absolute Gasteiger partial charge is 0.348 e. The molecule has 0 saturated carbocycles. The van der Waals surface area contributed by atoms with Crippen molar-refractivity contribution in [2.45, 2.75) is 13.8 Å². The molecule has 134 valence electrons. The molecule has 0 aliphatic heterocycles. The molecule has 0 aliphatic carbocycles. The predicted molar refractivity (Wildman–Crippen MR) is 106 cm³/mol. The zero-order valence-electron chi connectivity index (χ0n) is 13.9. The van der Waals surface area contributed by atoms with Crippen LogP contribution in [0.15, 0.2) is 29.1 Å². The number of hydrogen-bond donors (Lipinski definition) is 1. The predicted octanol–water partition coefficient (Wildman–Crippen LogP) is 4.86. The number of nitrogens with zero attached hydrogens (tertiary/aromatic N) is 1. The highest BCUT2D eigenvalue weighted by Crippen LogP contribution is 2.30. The number of halogens is 2. The van der Waals surface area contributed by atoms with E-state index in [0.717, 1.165) is 11.3 Å². The number of nitrogens with one attached hydrogen (secondary N) is 1. The number of rotatable bonds is 4. The molecule has 1 N–H and O–H groups in total. The summed E-state index contributed by atoms with van der Waals surface area (Å²) in [6, 6.07) is 7.18. The molecule has 0 amide bonds. The van der Waals surface area contributed by atoms with Gasteiger partial charge in [-0.2, -0.15) is 0 Å². The van der Waals surface area contributed by atoms with Gasteiger partial charge in [0.1, 0.15) is 9.71 Å². The molecule has 0 spiro atoms. The van der Waals surface area contributed by atoms with Crippen LogP contribution in [-0.4, -0.2) is 22.5 Å². The molecule has 3 aromatic rings. The third-order valence-corrected chi connectivity index (χ3v) is 5.47. The fraction of sp³-hybridized carbons (Fsp3) is 0.167. The van der Waals surface area contributed by atoms with Crippen LogP contribution in [0.25, 0.3) is 21.3 Å². The van der Waals surface area contributed by atoms with Crippen molar-refractivity contribution < 1.29 is 9.53 Å². The second-order valence-corrected chi connectivity index (χ2v) is 7.20. The Kier molecular flexibility index (Phi) is 5.46. The van der Waals surface area contributed by atoms with E-state index in [1.807, 2.05) is 12.1 Å². The number of fused-ring (bicyclic) bond motifs is 1. The van der Waals surface area contributed by atoms with Gasteiger partial charge in [-0.3, -0.25) is 4.79 Å². The summed E-state index contributed by atoms with van der Waals surface area (Å²) in [5.41, 5.74) is 0.895. The third-order valence-electron chi connectivity index (χ3n) is 3.68. The lowest BCUT2D eigenvalue weighted by molar-refractivity contribution is 0.0531.